The van der Waals surface area contributed by atoms with E-state index in [1.165, 1.54) is 7.11 Å². The quantitative estimate of drug-likeness (QED) is 0.509. The van der Waals surface area contributed by atoms with Crippen molar-refractivity contribution in [3.05, 3.63) is 0 Å². The number of rotatable bonds is 8. The lowest BCUT2D eigenvalue weighted by Crippen LogP contribution is -2.38. The average molecular weight is 261 g/mol. The van der Waals surface area contributed by atoms with Gasteiger partial charge in [-0.05, 0) is 19.3 Å². The van der Waals surface area contributed by atoms with Crippen molar-refractivity contribution < 1.29 is 24.3 Å². The van der Waals surface area contributed by atoms with Crippen LogP contribution in [0.2, 0.25) is 0 Å². The van der Waals surface area contributed by atoms with Gasteiger partial charge in [0.15, 0.2) is 6.29 Å². The molecule has 0 radical (unpaired) electrons. The van der Waals surface area contributed by atoms with Crippen LogP contribution in [0.1, 0.15) is 34.1 Å². The summed E-state index contributed by atoms with van der Waals surface area (Å²) in [6.07, 6.45) is -0.126. The van der Waals surface area contributed by atoms with Crippen molar-refractivity contribution in [1.29, 1.82) is 0 Å². The normalized spacial score (nSPS) is 16.1. The Morgan fingerprint density at radius 1 is 1.22 bits per heavy atom. The molecule has 106 valence electrons. The zero-order chi connectivity index (χ0) is 14.3. The summed E-state index contributed by atoms with van der Waals surface area (Å²) in [7, 11) is 1.44. The van der Waals surface area contributed by atoms with Gasteiger partial charge in [0.1, 0.15) is 0 Å². The van der Waals surface area contributed by atoms with Gasteiger partial charge in [0.2, 0.25) is 5.91 Å². The van der Waals surface area contributed by atoms with E-state index in [4.69, 9.17) is 14.7 Å². The van der Waals surface area contributed by atoms with Crippen molar-refractivity contribution in [1.82, 2.24) is 5.48 Å². The van der Waals surface area contributed by atoms with E-state index in [1.54, 1.807) is 13.8 Å². The number of carbonyl (C=O) groups is 2. The van der Waals surface area contributed by atoms with Gasteiger partial charge in [0, 0.05) is 7.11 Å². The van der Waals surface area contributed by atoms with E-state index in [2.05, 4.69) is 5.48 Å². The highest BCUT2D eigenvalue weighted by Gasteiger charge is 2.30. The molecule has 0 bridgehead atoms. The van der Waals surface area contributed by atoms with E-state index in [1.807, 2.05) is 13.8 Å². The van der Waals surface area contributed by atoms with Crippen LogP contribution in [0.3, 0.4) is 0 Å². The van der Waals surface area contributed by atoms with Gasteiger partial charge >= 0.3 is 5.97 Å². The van der Waals surface area contributed by atoms with Gasteiger partial charge in [-0.2, -0.15) is 0 Å². The van der Waals surface area contributed by atoms with Crippen LogP contribution in [0.25, 0.3) is 0 Å². The third-order valence-corrected chi connectivity index (χ3v) is 2.72. The minimum Gasteiger partial charge on any atom is -0.481 e. The molecule has 0 rings (SSSR count). The summed E-state index contributed by atoms with van der Waals surface area (Å²) in [5.41, 5.74) is 2.21. The number of amides is 1. The fraction of sp³-hybridized carbons (Fsp3) is 0.833. The van der Waals surface area contributed by atoms with Gasteiger partial charge < -0.3 is 9.84 Å². The average Bonchev–Trinajstić information content (AvgIpc) is 2.30. The molecule has 0 aliphatic rings. The number of methoxy groups -OCH3 is 1. The maximum absolute atomic E-state index is 11.7. The Morgan fingerprint density at radius 2 is 1.78 bits per heavy atom. The molecule has 1 amide bonds. The molecule has 0 aliphatic carbocycles. The fourth-order valence-corrected chi connectivity index (χ4v) is 1.49. The molecule has 6 nitrogen and oxygen atoms in total. The Morgan fingerprint density at radius 3 is 2.17 bits per heavy atom. The van der Waals surface area contributed by atoms with Gasteiger partial charge in [0.25, 0.3) is 0 Å². The number of hydrogen-bond acceptors (Lipinski definition) is 4. The molecule has 0 saturated carbocycles. The largest absolute Gasteiger partial charge is 0.481 e. The first kappa shape index (κ1) is 16.9. The minimum atomic E-state index is -0.967. The number of carboxylic acids is 1. The van der Waals surface area contributed by atoms with Gasteiger partial charge in [-0.1, -0.05) is 20.8 Å². The highest BCUT2D eigenvalue weighted by Crippen LogP contribution is 2.21. The molecule has 0 fully saturated rings. The molecule has 0 aromatic heterocycles. The number of ether oxygens (including phenoxy) is 1. The van der Waals surface area contributed by atoms with Crippen LogP contribution in [0.4, 0.5) is 0 Å². The topological polar surface area (TPSA) is 84.9 Å². The van der Waals surface area contributed by atoms with Crippen LogP contribution in [0, 0.1) is 17.8 Å². The van der Waals surface area contributed by atoms with E-state index < -0.39 is 30.0 Å². The third kappa shape index (κ3) is 5.97. The maximum atomic E-state index is 11.7. The van der Waals surface area contributed by atoms with E-state index in [-0.39, 0.29) is 5.92 Å². The molecule has 6 heteroatoms. The molecule has 2 N–H and O–H groups in total. The Balaban J connectivity index is 4.42. The summed E-state index contributed by atoms with van der Waals surface area (Å²) in [5.74, 6) is -2.58. The van der Waals surface area contributed by atoms with Crippen molar-refractivity contribution in [2.45, 2.75) is 40.4 Å². The molecule has 18 heavy (non-hydrogen) atoms. The van der Waals surface area contributed by atoms with Gasteiger partial charge in [0.05, 0.1) is 11.8 Å². The first-order chi connectivity index (χ1) is 8.29. The molecule has 0 saturated heterocycles. The van der Waals surface area contributed by atoms with Crippen LogP contribution < -0.4 is 5.48 Å². The van der Waals surface area contributed by atoms with Crippen LogP contribution in [0.5, 0.6) is 0 Å². The van der Waals surface area contributed by atoms with Crippen molar-refractivity contribution in [3.8, 4) is 0 Å². The summed E-state index contributed by atoms with van der Waals surface area (Å²) in [4.78, 5) is 27.8. The SMILES string of the molecule is COC(C)ONC(=O)[C@@H](C)[C@@H](CC(C)C)C(=O)O. The molecular formula is C12H23NO5. The Labute approximate surface area is 108 Å². The second kappa shape index (κ2) is 8.05. The second-order valence-corrected chi connectivity index (χ2v) is 4.75. The summed E-state index contributed by atoms with van der Waals surface area (Å²) in [6, 6.07) is 0. The molecule has 0 heterocycles. The summed E-state index contributed by atoms with van der Waals surface area (Å²) in [5, 5.41) is 9.12. The van der Waals surface area contributed by atoms with E-state index in [0.717, 1.165) is 0 Å². The lowest BCUT2D eigenvalue weighted by molar-refractivity contribution is -0.176. The van der Waals surface area contributed by atoms with Crippen molar-refractivity contribution >= 4 is 11.9 Å². The highest BCUT2D eigenvalue weighted by molar-refractivity contribution is 5.83. The zero-order valence-corrected chi connectivity index (χ0v) is 11.6. The number of hydrogen-bond donors (Lipinski definition) is 2. The molecule has 0 aromatic carbocycles. The number of hydroxylamine groups is 1. The molecule has 3 atom stereocenters. The smallest absolute Gasteiger partial charge is 0.307 e. The molecule has 0 spiro atoms. The van der Waals surface area contributed by atoms with Crippen molar-refractivity contribution in [2.24, 2.45) is 17.8 Å². The van der Waals surface area contributed by atoms with E-state index in [9.17, 15) is 9.59 Å². The Bertz CT molecular complexity index is 280. The van der Waals surface area contributed by atoms with Crippen LogP contribution in [-0.2, 0) is 19.2 Å². The number of aliphatic carboxylic acids is 1. The third-order valence-electron chi connectivity index (χ3n) is 2.72. The van der Waals surface area contributed by atoms with E-state index in [0.29, 0.717) is 6.42 Å². The first-order valence-corrected chi connectivity index (χ1v) is 6.00. The molecule has 0 aliphatic heterocycles. The lowest BCUT2D eigenvalue weighted by Gasteiger charge is -2.21. The monoisotopic (exact) mass is 261 g/mol. The number of nitrogens with one attached hydrogen (secondary N) is 1. The molecule has 1 unspecified atom stereocenters. The first-order valence-electron chi connectivity index (χ1n) is 6.00. The predicted octanol–water partition coefficient (Wildman–Crippen LogP) is 1.41. The van der Waals surface area contributed by atoms with Crippen molar-refractivity contribution in [3.63, 3.8) is 0 Å². The molecular weight excluding hydrogens is 238 g/mol. The summed E-state index contributed by atoms with van der Waals surface area (Å²) < 4.78 is 4.80. The van der Waals surface area contributed by atoms with Gasteiger partial charge in [-0.15, -0.1) is 0 Å². The summed E-state index contributed by atoms with van der Waals surface area (Å²) in [6.45, 7) is 7.04. The predicted molar refractivity (Wildman–Crippen MR) is 65.4 cm³/mol. The number of carbonyl (C=O) groups excluding carboxylic acids is 1. The fourth-order valence-electron chi connectivity index (χ4n) is 1.49. The van der Waals surface area contributed by atoms with Gasteiger partial charge in [-0.3, -0.25) is 9.59 Å². The molecule has 0 aromatic rings. The van der Waals surface area contributed by atoms with E-state index >= 15 is 0 Å². The second-order valence-electron chi connectivity index (χ2n) is 4.75. The van der Waals surface area contributed by atoms with Crippen LogP contribution in [0.15, 0.2) is 0 Å². The zero-order valence-electron chi connectivity index (χ0n) is 11.6. The minimum absolute atomic E-state index is 0.208. The van der Waals surface area contributed by atoms with Crippen LogP contribution in [-0.4, -0.2) is 30.4 Å². The van der Waals surface area contributed by atoms with Gasteiger partial charge in [-0.25, -0.2) is 10.3 Å². The highest BCUT2D eigenvalue weighted by atomic mass is 16.8. The number of carboxylic acid groups (broad SMARTS) is 1. The standard InChI is InChI=1S/C12H23NO5/c1-7(2)6-10(12(15)16)8(3)11(14)13-18-9(4)17-5/h7-10H,6H2,1-5H3,(H,13,14)(H,15,16)/t8-,9?,10+/m0/s1. The Hall–Kier alpha value is -1.14. The Kier molecular flexibility index (Phi) is 7.54. The summed E-state index contributed by atoms with van der Waals surface area (Å²) >= 11 is 0. The lowest BCUT2D eigenvalue weighted by atomic mass is 9.86. The maximum Gasteiger partial charge on any atom is 0.307 e. The van der Waals surface area contributed by atoms with Crippen molar-refractivity contribution in [2.75, 3.05) is 7.11 Å². The van der Waals surface area contributed by atoms with Crippen LogP contribution >= 0.6 is 0 Å².